The first-order valence-electron chi connectivity index (χ1n) is 4.55. The highest BCUT2D eigenvalue weighted by Gasteiger charge is 2.12. The maximum atomic E-state index is 12.9. The van der Waals surface area contributed by atoms with E-state index in [1.54, 1.807) is 6.92 Å². The highest BCUT2D eigenvalue weighted by molar-refractivity contribution is 7.84. The first-order chi connectivity index (χ1) is 7.04. The summed E-state index contributed by atoms with van der Waals surface area (Å²) in [4.78, 5) is 0. The molecule has 84 valence electrons. The van der Waals surface area contributed by atoms with Gasteiger partial charge in [-0.25, -0.2) is 4.39 Å². The summed E-state index contributed by atoms with van der Waals surface area (Å²) in [5.41, 5.74) is 5.96. The van der Waals surface area contributed by atoms with Crippen molar-refractivity contribution >= 4 is 22.4 Å². The predicted octanol–water partition coefficient (Wildman–Crippen LogP) is 2.08. The van der Waals surface area contributed by atoms with Gasteiger partial charge in [0, 0.05) is 27.6 Å². The highest BCUT2D eigenvalue weighted by Crippen LogP contribution is 2.19. The van der Waals surface area contributed by atoms with E-state index in [1.807, 2.05) is 0 Å². The first-order valence-corrected chi connectivity index (χ1v) is 6.31. The van der Waals surface area contributed by atoms with E-state index < -0.39 is 10.8 Å². The third-order valence-corrected chi connectivity index (χ3v) is 4.14. The Bertz CT molecular complexity index is 372. The SMILES string of the molecule is CC(CN)S(=O)Cc1cc(F)ccc1Cl. The van der Waals surface area contributed by atoms with Crippen molar-refractivity contribution in [3.8, 4) is 0 Å². The van der Waals surface area contributed by atoms with E-state index in [1.165, 1.54) is 18.2 Å². The molecule has 1 aromatic rings. The van der Waals surface area contributed by atoms with Crippen LogP contribution in [0.1, 0.15) is 12.5 Å². The molecule has 2 nitrogen and oxygen atoms in total. The molecule has 0 spiro atoms. The van der Waals surface area contributed by atoms with Gasteiger partial charge in [-0.3, -0.25) is 4.21 Å². The van der Waals surface area contributed by atoms with Crippen LogP contribution in [0.15, 0.2) is 18.2 Å². The van der Waals surface area contributed by atoms with Gasteiger partial charge >= 0.3 is 0 Å². The van der Waals surface area contributed by atoms with Crippen molar-refractivity contribution in [2.24, 2.45) is 5.73 Å². The molecule has 0 amide bonds. The largest absolute Gasteiger partial charge is 0.329 e. The Morgan fingerprint density at radius 2 is 2.27 bits per heavy atom. The molecule has 2 N–H and O–H groups in total. The molecule has 0 aliphatic rings. The maximum Gasteiger partial charge on any atom is 0.123 e. The summed E-state index contributed by atoms with van der Waals surface area (Å²) >= 11 is 5.86. The van der Waals surface area contributed by atoms with Crippen molar-refractivity contribution in [2.45, 2.75) is 17.9 Å². The van der Waals surface area contributed by atoms with Gasteiger partial charge in [0.1, 0.15) is 5.82 Å². The predicted molar refractivity (Wildman–Crippen MR) is 61.8 cm³/mol. The van der Waals surface area contributed by atoms with E-state index in [-0.39, 0.29) is 16.8 Å². The van der Waals surface area contributed by atoms with Crippen LogP contribution in [0.5, 0.6) is 0 Å². The average molecular weight is 250 g/mol. The number of hydrogen-bond acceptors (Lipinski definition) is 2. The van der Waals surface area contributed by atoms with Crippen molar-refractivity contribution in [1.29, 1.82) is 0 Å². The van der Waals surface area contributed by atoms with Crippen LogP contribution in [0.2, 0.25) is 5.02 Å². The second-order valence-corrected chi connectivity index (χ2v) is 5.57. The van der Waals surface area contributed by atoms with Crippen LogP contribution in [-0.4, -0.2) is 16.0 Å². The zero-order valence-corrected chi connectivity index (χ0v) is 9.95. The van der Waals surface area contributed by atoms with Gasteiger partial charge in [-0.2, -0.15) is 0 Å². The van der Waals surface area contributed by atoms with E-state index >= 15 is 0 Å². The molecule has 5 heteroatoms. The zero-order valence-electron chi connectivity index (χ0n) is 8.37. The average Bonchev–Trinajstić information content (AvgIpc) is 2.22. The molecule has 0 fully saturated rings. The van der Waals surface area contributed by atoms with Crippen LogP contribution in [0.25, 0.3) is 0 Å². The molecule has 0 radical (unpaired) electrons. The molecule has 0 saturated heterocycles. The Labute approximate surface area is 96.1 Å². The summed E-state index contributed by atoms with van der Waals surface area (Å²) < 4.78 is 24.6. The van der Waals surface area contributed by atoms with Gasteiger partial charge < -0.3 is 5.73 Å². The summed E-state index contributed by atoms with van der Waals surface area (Å²) in [6, 6.07) is 4.06. The molecule has 1 rings (SSSR count). The third kappa shape index (κ3) is 3.55. The van der Waals surface area contributed by atoms with E-state index in [4.69, 9.17) is 17.3 Å². The van der Waals surface area contributed by atoms with E-state index in [2.05, 4.69) is 0 Å². The van der Waals surface area contributed by atoms with Gasteiger partial charge in [0.05, 0.1) is 5.75 Å². The molecular weight excluding hydrogens is 237 g/mol. The van der Waals surface area contributed by atoms with E-state index in [0.29, 0.717) is 17.1 Å². The second kappa shape index (κ2) is 5.58. The third-order valence-electron chi connectivity index (χ3n) is 2.09. The molecule has 15 heavy (non-hydrogen) atoms. The topological polar surface area (TPSA) is 43.1 Å². The fourth-order valence-electron chi connectivity index (χ4n) is 1.06. The smallest absolute Gasteiger partial charge is 0.123 e. The highest BCUT2D eigenvalue weighted by atomic mass is 35.5. The Kier molecular flexibility index (Phi) is 4.70. The van der Waals surface area contributed by atoms with Crippen molar-refractivity contribution < 1.29 is 8.60 Å². The standard InChI is InChI=1S/C10H13ClFNOS/c1-7(5-13)15(14)6-8-4-9(12)2-3-10(8)11/h2-4,7H,5-6,13H2,1H3. The molecule has 1 aromatic carbocycles. The molecule has 0 aliphatic carbocycles. The molecule has 0 heterocycles. The fourth-order valence-corrected chi connectivity index (χ4v) is 2.36. The lowest BCUT2D eigenvalue weighted by Crippen LogP contribution is -2.22. The summed E-state index contributed by atoms with van der Waals surface area (Å²) in [5.74, 6) is -0.124. The second-order valence-electron chi connectivity index (χ2n) is 3.31. The molecule has 2 unspecified atom stereocenters. The number of benzene rings is 1. The lowest BCUT2D eigenvalue weighted by Gasteiger charge is -2.09. The normalized spacial score (nSPS) is 14.9. The molecule has 0 aliphatic heterocycles. The lowest BCUT2D eigenvalue weighted by molar-refractivity contribution is 0.626. The van der Waals surface area contributed by atoms with E-state index in [9.17, 15) is 8.60 Å². The van der Waals surface area contributed by atoms with Crippen LogP contribution in [-0.2, 0) is 16.6 Å². The van der Waals surface area contributed by atoms with Gasteiger partial charge in [0.25, 0.3) is 0 Å². The van der Waals surface area contributed by atoms with Crippen molar-refractivity contribution in [3.05, 3.63) is 34.6 Å². The van der Waals surface area contributed by atoms with Crippen LogP contribution < -0.4 is 5.73 Å². The molecule has 0 saturated carbocycles. The lowest BCUT2D eigenvalue weighted by atomic mass is 10.2. The Morgan fingerprint density at radius 3 is 2.87 bits per heavy atom. The van der Waals surface area contributed by atoms with Crippen LogP contribution in [0, 0.1) is 5.82 Å². The quantitative estimate of drug-likeness (QED) is 0.888. The minimum atomic E-state index is -1.11. The van der Waals surface area contributed by atoms with Crippen molar-refractivity contribution in [1.82, 2.24) is 0 Å². The molecule has 0 bridgehead atoms. The van der Waals surface area contributed by atoms with Gasteiger partial charge in [0.2, 0.25) is 0 Å². The number of halogens is 2. The Hall–Kier alpha value is -0.450. The monoisotopic (exact) mass is 249 g/mol. The summed E-state index contributed by atoms with van der Waals surface area (Å²) in [6.07, 6.45) is 0. The molecule has 0 aromatic heterocycles. The van der Waals surface area contributed by atoms with Crippen LogP contribution in [0.3, 0.4) is 0 Å². The van der Waals surface area contributed by atoms with Crippen molar-refractivity contribution in [3.63, 3.8) is 0 Å². The Balaban J connectivity index is 2.80. The van der Waals surface area contributed by atoms with Gasteiger partial charge in [-0.1, -0.05) is 11.6 Å². The zero-order chi connectivity index (χ0) is 11.4. The minimum Gasteiger partial charge on any atom is -0.329 e. The number of nitrogens with two attached hydrogens (primary N) is 1. The summed E-state index contributed by atoms with van der Waals surface area (Å²) in [6.45, 7) is 2.14. The summed E-state index contributed by atoms with van der Waals surface area (Å²) in [5, 5.41) is 0.332. The van der Waals surface area contributed by atoms with Crippen LogP contribution >= 0.6 is 11.6 Å². The van der Waals surface area contributed by atoms with Gasteiger partial charge in [-0.15, -0.1) is 0 Å². The molecular formula is C10H13ClFNOS. The minimum absolute atomic E-state index is 0.107. The van der Waals surface area contributed by atoms with Crippen LogP contribution in [0.4, 0.5) is 4.39 Å². The van der Waals surface area contributed by atoms with Gasteiger partial charge in [-0.05, 0) is 30.7 Å². The fraction of sp³-hybridized carbons (Fsp3) is 0.400. The maximum absolute atomic E-state index is 12.9. The Morgan fingerprint density at radius 1 is 1.60 bits per heavy atom. The molecule has 2 atom stereocenters. The summed E-state index contributed by atoms with van der Waals surface area (Å²) in [7, 11) is -1.11. The first kappa shape index (κ1) is 12.6. The number of rotatable bonds is 4. The number of hydrogen-bond donors (Lipinski definition) is 1. The van der Waals surface area contributed by atoms with Gasteiger partial charge in [0.15, 0.2) is 0 Å². The van der Waals surface area contributed by atoms with Crippen molar-refractivity contribution in [2.75, 3.05) is 6.54 Å². The van der Waals surface area contributed by atoms with E-state index in [0.717, 1.165) is 0 Å².